The number of rotatable bonds is 10. The normalized spacial score (nSPS) is 13.8. The first-order valence-corrected chi connectivity index (χ1v) is 8.53. The quantitative estimate of drug-likeness (QED) is 0.579. The smallest absolute Gasteiger partial charge is 0.407 e. The van der Waals surface area contributed by atoms with Crippen molar-refractivity contribution in [3.63, 3.8) is 0 Å². The fourth-order valence-corrected chi connectivity index (χ4v) is 2.29. The number of aliphatic hydroxyl groups excluding tert-OH is 1. The number of hydrogen-bond acceptors (Lipinski definition) is 4. The Morgan fingerprint density at radius 3 is 2.18 bits per heavy atom. The highest BCUT2D eigenvalue weighted by molar-refractivity contribution is 5.67. The molecule has 0 heterocycles. The van der Waals surface area contributed by atoms with Gasteiger partial charge in [-0.2, -0.15) is 0 Å². The molecule has 1 unspecified atom stereocenters. The van der Waals surface area contributed by atoms with Crippen molar-refractivity contribution < 1.29 is 14.6 Å². The Balaban J connectivity index is 4.40. The van der Waals surface area contributed by atoms with Crippen LogP contribution < -0.4 is 10.6 Å². The second-order valence-corrected chi connectivity index (χ2v) is 7.11. The van der Waals surface area contributed by atoms with E-state index in [9.17, 15) is 9.90 Å². The third kappa shape index (κ3) is 8.59. The van der Waals surface area contributed by atoms with Gasteiger partial charge in [0.15, 0.2) is 0 Å². The molecule has 0 aromatic carbocycles. The Morgan fingerprint density at radius 1 is 1.18 bits per heavy atom. The molecule has 0 aliphatic carbocycles. The van der Waals surface area contributed by atoms with Crippen molar-refractivity contribution in [3.05, 3.63) is 0 Å². The molecule has 0 saturated heterocycles. The van der Waals surface area contributed by atoms with E-state index < -0.39 is 5.60 Å². The first kappa shape index (κ1) is 21.2. The van der Waals surface area contributed by atoms with Crippen molar-refractivity contribution in [2.75, 3.05) is 19.7 Å². The lowest BCUT2D eigenvalue weighted by atomic mass is 9.83. The fourth-order valence-electron chi connectivity index (χ4n) is 2.29. The minimum absolute atomic E-state index is 0.0715. The zero-order chi connectivity index (χ0) is 17.2. The number of carbonyl (C=O) groups is 1. The van der Waals surface area contributed by atoms with Gasteiger partial charge in [-0.15, -0.1) is 0 Å². The summed E-state index contributed by atoms with van der Waals surface area (Å²) in [6.07, 6.45) is 3.51. The van der Waals surface area contributed by atoms with Crippen molar-refractivity contribution in [3.8, 4) is 0 Å². The summed E-state index contributed by atoms with van der Waals surface area (Å²) in [5.74, 6) is 0. The van der Waals surface area contributed by atoms with Crippen molar-refractivity contribution in [2.45, 2.75) is 78.9 Å². The Hall–Kier alpha value is -0.810. The summed E-state index contributed by atoms with van der Waals surface area (Å²) in [5.41, 5.74) is -0.549. The van der Waals surface area contributed by atoms with Gasteiger partial charge in [0.2, 0.25) is 0 Å². The zero-order valence-corrected chi connectivity index (χ0v) is 15.3. The molecular weight excluding hydrogens is 280 g/mol. The van der Waals surface area contributed by atoms with Gasteiger partial charge >= 0.3 is 6.09 Å². The molecule has 5 nitrogen and oxygen atoms in total. The summed E-state index contributed by atoms with van der Waals surface area (Å²) in [6.45, 7) is 13.4. The monoisotopic (exact) mass is 316 g/mol. The third-order valence-electron chi connectivity index (χ3n) is 4.13. The molecule has 3 N–H and O–H groups in total. The third-order valence-corrected chi connectivity index (χ3v) is 4.13. The number of nitrogens with one attached hydrogen (secondary N) is 2. The summed E-state index contributed by atoms with van der Waals surface area (Å²) in [6, 6.07) is 0.196. The van der Waals surface area contributed by atoms with Crippen LogP contribution in [0.4, 0.5) is 4.79 Å². The molecule has 0 radical (unpaired) electrons. The molecule has 0 aromatic heterocycles. The molecule has 0 aliphatic rings. The molecule has 0 aliphatic heterocycles. The molecule has 1 amide bonds. The fraction of sp³-hybridized carbons (Fsp3) is 0.941. The average Bonchev–Trinajstić information content (AvgIpc) is 2.44. The van der Waals surface area contributed by atoms with E-state index in [4.69, 9.17) is 4.74 Å². The van der Waals surface area contributed by atoms with Crippen molar-refractivity contribution >= 4 is 6.09 Å². The predicted molar refractivity (Wildman–Crippen MR) is 91.0 cm³/mol. The average molecular weight is 316 g/mol. The molecule has 0 saturated carbocycles. The van der Waals surface area contributed by atoms with Gasteiger partial charge in [-0.3, -0.25) is 0 Å². The van der Waals surface area contributed by atoms with E-state index >= 15 is 0 Å². The second-order valence-electron chi connectivity index (χ2n) is 7.11. The Bertz CT molecular complexity index is 301. The maximum absolute atomic E-state index is 11.7. The summed E-state index contributed by atoms with van der Waals surface area (Å²) < 4.78 is 5.26. The Kier molecular flexibility index (Phi) is 9.69. The van der Waals surface area contributed by atoms with Crippen LogP contribution in [0.25, 0.3) is 0 Å². The van der Waals surface area contributed by atoms with Crippen LogP contribution in [-0.4, -0.2) is 42.5 Å². The van der Waals surface area contributed by atoms with Gasteiger partial charge in [-0.05, 0) is 40.0 Å². The van der Waals surface area contributed by atoms with E-state index in [1.165, 1.54) is 0 Å². The van der Waals surface area contributed by atoms with Gasteiger partial charge in [-0.25, -0.2) is 4.79 Å². The minimum Gasteiger partial charge on any atom is -0.444 e. The van der Waals surface area contributed by atoms with E-state index in [2.05, 4.69) is 31.4 Å². The number of ether oxygens (including phenoxy) is 1. The van der Waals surface area contributed by atoms with E-state index in [1.807, 2.05) is 20.8 Å². The van der Waals surface area contributed by atoms with Crippen molar-refractivity contribution in [2.24, 2.45) is 5.41 Å². The van der Waals surface area contributed by atoms with Gasteiger partial charge in [-0.1, -0.05) is 27.2 Å². The zero-order valence-electron chi connectivity index (χ0n) is 15.3. The summed E-state index contributed by atoms with van der Waals surface area (Å²) in [7, 11) is 0. The van der Waals surface area contributed by atoms with Gasteiger partial charge in [0.05, 0.1) is 0 Å². The molecule has 0 rings (SSSR count). The number of aliphatic hydroxyl groups is 1. The largest absolute Gasteiger partial charge is 0.444 e. The molecule has 0 bridgehead atoms. The maximum Gasteiger partial charge on any atom is 0.407 e. The lowest BCUT2D eigenvalue weighted by Crippen LogP contribution is -2.47. The standard InChI is InChI=1S/C17H36N2O3/c1-7-10-14(11-18-15(21)22-16(4,5)6)19-12-17(8-2,9-3)13-20/h14,19-20H,7-13H2,1-6H3,(H,18,21). The molecular formula is C17H36N2O3. The SMILES string of the molecule is CCCC(CNC(=O)OC(C)(C)C)NCC(CC)(CC)CO. The van der Waals surface area contributed by atoms with Crippen LogP contribution >= 0.6 is 0 Å². The van der Waals surface area contributed by atoms with E-state index in [0.717, 1.165) is 32.2 Å². The molecule has 1 atom stereocenters. The van der Waals surface area contributed by atoms with Crippen LogP contribution in [0.1, 0.15) is 67.2 Å². The van der Waals surface area contributed by atoms with Gasteiger partial charge in [0, 0.05) is 31.2 Å². The summed E-state index contributed by atoms with van der Waals surface area (Å²) in [4.78, 5) is 11.7. The molecule has 0 aromatic rings. The van der Waals surface area contributed by atoms with Crippen LogP contribution in [0.5, 0.6) is 0 Å². The summed E-state index contributed by atoms with van der Waals surface area (Å²) >= 11 is 0. The maximum atomic E-state index is 11.7. The lowest BCUT2D eigenvalue weighted by molar-refractivity contribution is 0.0518. The highest BCUT2D eigenvalue weighted by atomic mass is 16.6. The number of amides is 1. The van der Waals surface area contributed by atoms with Crippen LogP contribution in [0.2, 0.25) is 0 Å². The Labute approximate surface area is 136 Å². The lowest BCUT2D eigenvalue weighted by Gasteiger charge is -2.32. The van der Waals surface area contributed by atoms with E-state index in [0.29, 0.717) is 6.54 Å². The molecule has 22 heavy (non-hydrogen) atoms. The first-order chi connectivity index (χ1) is 10.2. The van der Waals surface area contributed by atoms with Crippen molar-refractivity contribution in [1.29, 1.82) is 0 Å². The number of hydrogen-bond donors (Lipinski definition) is 3. The molecule has 132 valence electrons. The highest BCUT2D eigenvalue weighted by Crippen LogP contribution is 2.24. The van der Waals surface area contributed by atoms with Crippen LogP contribution in [0.15, 0.2) is 0 Å². The Morgan fingerprint density at radius 2 is 1.77 bits per heavy atom. The van der Waals surface area contributed by atoms with Crippen LogP contribution in [-0.2, 0) is 4.74 Å². The van der Waals surface area contributed by atoms with Gasteiger partial charge in [0.1, 0.15) is 5.60 Å². The highest BCUT2D eigenvalue weighted by Gasteiger charge is 2.26. The molecule has 0 fully saturated rings. The minimum atomic E-state index is -0.478. The predicted octanol–water partition coefficient (Wildman–Crippen LogP) is 3.07. The first-order valence-electron chi connectivity index (χ1n) is 8.53. The second kappa shape index (κ2) is 10.1. The number of alkyl carbamates (subject to hydrolysis) is 1. The van der Waals surface area contributed by atoms with Crippen molar-refractivity contribution in [1.82, 2.24) is 10.6 Å². The van der Waals surface area contributed by atoms with E-state index in [1.54, 1.807) is 0 Å². The molecule has 0 spiro atoms. The van der Waals surface area contributed by atoms with Gasteiger partial charge in [0.25, 0.3) is 0 Å². The topological polar surface area (TPSA) is 70.6 Å². The van der Waals surface area contributed by atoms with E-state index in [-0.39, 0.29) is 24.2 Å². The van der Waals surface area contributed by atoms with Gasteiger partial charge < -0.3 is 20.5 Å². The molecule has 5 heteroatoms. The number of carbonyl (C=O) groups excluding carboxylic acids is 1. The summed E-state index contributed by atoms with van der Waals surface area (Å²) in [5, 5.41) is 16.0. The van der Waals surface area contributed by atoms with Crippen LogP contribution in [0.3, 0.4) is 0 Å². The van der Waals surface area contributed by atoms with Crippen LogP contribution in [0, 0.1) is 5.41 Å².